The van der Waals surface area contributed by atoms with E-state index in [1.54, 1.807) is 11.3 Å². The minimum Gasteiger partial charge on any atom is -0.376 e. The van der Waals surface area contributed by atoms with Gasteiger partial charge in [0.1, 0.15) is 6.10 Å². The lowest BCUT2D eigenvalue weighted by Crippen LogP contribution is -2.35. The zero-order chi connectivity index (χ0) is 10.7. The van der Waals surface area contributed by atoms with Crippen molar-refractivity contribution in [2.24, 2.45) is 0 Å². The smallest absolute Gasteiger partial charge is 0.203 e. The molecule has 0 bridgehead atoms. The third-order valence-electron chi connectivity index (χ3n) is 2.36. The summed E-state index contributed by atoms with van der Waals surface area (Å²) in [6, 6.07) is 3.88. The fraction of sp³-hybridized carbons (Fsp3) is 0.545. The number of Topliss-reactive ketones (excluding diaryl/α,β-unsaturated/α-hetero) is 1. The van der Waals surface area contributed by atoms with Gasteiger partial charge in [-0.25, -0.2) is 0 Å². The fourth-order valence-corrected chi connectivity index (χ4v) is 2.43. The Balaban J connectivity index is 2.05. The second-order valence-corrected chi connectivity index (χ2v) is 4.59. The van der Waals surface area contributed by atoms with Gasteiger partial charge in [0.25, 0.3) is 0 Å². The molecule has 2 heterocycles. The molecule has 0 N–H and O–H groups in total. The molecule has 2 rings (SSSR count). The van der Waals surface area contributed by atoms with Gasteiger partial charge in [-0.2, -0.15) is 0 Å². The number of carbonyl (C=O) groups excluding carboxylic acids is 1. The third-order valence-corrected chi connectivity index (χ3v) is 3.61. The van der Waals surface area contributed by atoms with E-state index in [0.717, 1.165) is 11.3 Å². The van der Waals surface area contributed by atoms with Crippen molar-refractivity contribution in [1.29, 1.82) is 0 Å². The third kappa shape index (κ3) is 2.45. The van der Waals surface area contributed by atoms with Gasteiger partial charge in [0.05, 0.1) is 24.7 Å². The summed E-state index contributed by atoms with van der Waals surface area (Å²) < 4.78 is 10.6. The first-order chi connectivity index (χ1) is 7.31. The van der Waals surface area contributed by atoms with Crippen molar-refractivity contribution in [1.82, 2.24) is 0 Å². The van der Waals surface area contributed by atoms with E-state index in [4.69, 9.17) is 9.47 Å². The first-order valence-electron chi connectivity index (χ1n) is 5.13. The Bertz CT molecular complexity index is 339. The molecule has 0 aliphatic carbocycles. The lowest BCUT2D eigenvalue weighted by Gasteiger charge is -2.21. The zero-order valence-corrected chi connectivity index (χ0v) is 9.51. The molecule has 1 aromatic heterocycles. The molecule has 4 heteroatoms. The van der Waals surface area contributed by atoms with Gasteiger partial charge >= 0.3 is 0 Å². The first kappa shape index (κ1) is 10.8. The van der Waals surface area contributed by atoms with Gasteiger partial charge in [-0.05, 0) is 18.6 Å². The molecule has 0 saturated carbocycles. The normalized spacial score (nSPS) is 21.5. The minimum absolute atomic E-state index is 0.0550. The van der Waals surface area contributed by atoms with Gasteiger partial charge < -0.3 is 9.47 Å². The van der Waals surface area contributed by atoms with Crippen LogP contribution in [0.15, 0.2) is 12.1 Å². The topological polar surface area (TPSA) is 35.5 Å². The molecule has 3 nitrogen and oxygen atoms in total. The van der Waals surface area contributed by atoms with Gasteiger partial charge in [-0.15, -0.1) is 11.3 Å². The molecule has 15 heavy (non-hydrogen) atoms. The predicted molar refractivity (Wildman–Crippen MR) is 58.6 cm³/mol. The molecule has 82 valence electrons. The van der Waals surface area contributed by atoms with Gasteiger partial charge in [0.2, 0.25) is 5.78 Å². The number of carbonyl (C=O) groups is 1. The second-order valence-electron chi connectivity index (χ2n) is 3.42. The zero-order valence-electron chi connectivity index (χ0n) is 8.69. The molecule has 1 aromatic rings. The van der Waals surface area contributed by atoms with Crippen LogP contribution in [0, 0.1) is 0 Å². The van der Waals surface area contributed by atoms with Crippen molar-refractivity contribution < 1.29 is 14.3 Å². The summed E-state index contributed by atoms with van der Waals surface area (Å²) in [7, 11) is 0. The van der Waals surface area contributed by atoms with E-state index < -0.39 is 6.10 Å². The molecular formula is C11H14O3S. The number of thiophene rings is 1. The number of ketones is 1. The highest BCUT2D eigenvalue weighted by Crippen LogP contribution is 2.20. The number of rotatable bonds is 3. The second kappa shape index (κ2) is 4.88. The summed E-state index contributed by atoms with van der Waals surface area (Å²) in [5.41, 5.74) is 0. The monoisotopic (exact) mass is 226 g/mol. The van der Waals surface area contributed by atoms with E-state index in [0.29, 0.717) is 19.8 Å². The van der Waals surface area contributed by atoms with Crippen LogP contribution in [-0.2, 0) is 15.9 Å². The Morgan fingerprint density at radius 2 is 2.40 bits per heavy atom. The molecule has 0 spiro atoms. The highest BCUT2D eigenvalue weighted by molar-refractivity contribution is 7.14. The molecule has 1 unspecified atom stereocenters. The number of hydrogen-bond donors (Lipinski definition) is 0. The quantitative estimate of drug-likeness (QED) is 0.738. The largest absolute Gasteiger partial charge is 0.376 e. The summed E-state index contributed by atoms with van der Waals surface area (Å²) in [6.07, 6.45) is 0.571. The maximum Gasteiger partial charge on any atom is 0.203 e. The van der Waals surface area contributed by atoms with E-state index in [2.05, 4.69) is 6.92 Å². The highest BCUT2D eigenvalue weighted by Gasteiger charge is 2.24. The standard InChI is InChI=1S/C11H14O3S/c1-2-8-3-4-10(15-8)11(12)9-7-13-5-6-14-9/h3-4,9H,2,5-7H2,1H3. The van der Waals surface area contributed by atoms with Gasteiger partial charge in [-0.3, -0.25) is 4.79 Å². The average molecular weight is 226 g/mol. The van der Waals surface area contributed by atoms with E-state index in [1.165, 1.54) is 4.88 Å². The first-order valence-corrected chi connectivity index (χ1v) is 5.95. The maximum atomic E-state index is 11.9. The van der Waals surface area contributed by atoms with Crippen LogP contribution in [0.4, 0.5) is 0 Å². The summed E-state index contributed by atoms with van der Waals surface area (Å²) in [5.74, 6) is 0.0550. The molecular weight excluding hydrogens is 212 g/mol. The van der Waals surface area contributed by atoms with Crippen LogP contribution >= 0.6 is 11.3 Å². The summed E-state index contributed by atoms with van der Waals surface area (Å²) in [4.78, 5) is 13.9. The summed E-state index contributed by atoms with van der Waals surface area (Å²) in [6.45, 7) is 3.58. The lowest BCUT2D eigenvalue weighted by molar-refractivity contribution is -0.0717. The van der Waals surface area contributed by atoms with Crippen LogP contribution in [-0.4, -0.2) is 31.7 Å². The van der Waals surface area contributed by atoms with Crippen molar-refractivity contribution in [3.05, 3.63) is 21.9 Å². The fourth-order valence-electron chi connectivity index (χ4n) is 1.50. The van der Waals surface area contributed by atoms with Crippen LogP contribution in [0.3, 0.4) is 0 Å². The van der Waals surface area contributed by atoms with Crippen molar-refractivity contribution in [3.63, 3.8) is 0 Å². The molecule has 1 aliphatic rings. The van der Waals surface area contributed by atoms with Crippen molar-refractivity contribution in [2.75, 3.05) is 19.8 Å². The van der Waals surface area contributed by atoms with Crippen LogP contribution in [0.2, 0.25) is 0 Å². The van der Waals surface area contributed by atoms with E-state index in [1.807, 2.05) is 12.1 Å². The Labute approximate surface area is 93.0 Å². The molecule has 0 amide bonds. The Hall–Kier alpha value is -0.710. The van der Waals surface area contributed by atoms with Crippen LogP contribution in [0.5, 0.6) is 0 Å². The Kier molecular flexibility index (Phi) is 3.51. The number of ether oxygens (including phenoxy) is 2. The molecule has 0 aromatic carbocycles. The molecule has 1 atom stereocenters. The highest BCUT2D eigenvalue weighted by atomic mass is 32.1. The SMILES string of the molecule is CCc1ccc(C(=O)C2COCCO2)s1. The molecule has 1 fully saturated rings. The number of aryl methyl sites for hydroxylation is 1. The van der Waals surface area contributed by atoms with Crippen LogP contribution in [0.25, 0.3) is 0 Å². The molecule has 1 aliphatic heterocycles. The lowest BCUT2D eigenvalue weighted by atomic mass is 10.2. The van der Waals surface area contributed by atoms with Crippen LogP contribution < -0.4 is 0 Å². The Morgan fingerprint density at radius 1 is 1.53 bits per heavy atom. The summed E-state index contributed by atoms with van der Waals surface area (Å²) in [5, 5.41) is 0. The van der Waals surface area contributed by atoms with Crippen LogP contribution in [0.1, 0.15) is 21.5 Å². The average Bonchev–Trinajstić information content (AvgIpc) is 2.78. The molecule has 0 radical (unpaired) electrons. The van der Waals surface area contributed by atoms with E-state index in [9.17, 15) is 4.79 Å². The predicted octanol–water partition coefficient (Wildman–Crippen LogP) is 1.91. The minimum atomic E-state index is -0.401. The van der Waals surface area contributed by atoms with Crippen molar-refractivity contribution in [3.8, 4) is 0 Å². The van der Waals surface area contributed by atoms with E-state index >= 15 is 0 Å². The van der Waals surface area contributed by atoms with Gasteiger partial charge in [-0.1, -0.05) is 6.92 Å². The Morgan fingerprint density at radius 3 is 3.00 bits per heavy atom. The van der Waals surface area contributed by atoms with E-state index in [-0.39, 0.29) is 5.78 Å². The van der Waals surface area contributed by atoms with Crippen molar-refractivity contribution in [2.45, 2.75) is 19.4 Å². The van der Waals surface area contributed by atoms with Gasteiger partial charge in [0.15, 0.2) is 0 Å². The van der Waals surface area contributed by atoms with Crippen molar-refractivity contribution >= 4 is 17.1 Å². The molecule has 1 saturated heterocycles. The van der Waals surface area contributed by atoms with Gasteiger partial charge in [0, 0.05) is 4.88 Å². The summed E-state index contributed by atoms with van der Waals surface area (Å²) >= 11 is 1.55. The number of hydrogen-bond acceptors (Lipinski definition) is 4. The maximum absolute atomic E-state index is 11.9.